The molecule has 2 amide bonds. The normalized spacial score (nSPS) is 13.9. The van der Waals surface area contributed by atoms with Gasteiger partial charge in [0.1, 0.15) is 5.82 Å². The maximum atomic E-state index is 13.1. The van der Waals surface area contributed by atoms with Crippen molar-refractivity contribution in [2.24, 2.45) is 5.92 Å². The van der Waals surface area contributed by atoms with E-state index in [1.165, 1.54) is 18.2 Å². The molecular formula is C18H16ClFN2O2. The highest BCUT2D eigenvalue weighted by Crippen LogP contribution is 2.27. The molecular weight excluding hydrogens is 331 g/mol. The Morgan fingerprint density at radius 1 is 1.04 bits per heavy atom. The van der Waals surface area contributed by atoms with Crippen molar-refractivity contribution in [2.45, 2.75) is 19.3 Å². The molecule has 0 radical (unpaired) electrons. The molecule has 0 aliphatic heterocycles. The zero-order valence-electron chi connectivity index (χ0n) is 12.8. The highest BCUT2D eigenvalue weighted by atomic mass is 35.5. The maximum Gasteiger partial charge on any atom is 0.255 e. The topological polar surface area (TPSA) is 58.2 Å². The third-order valence-electron chi connectivity index (χ3n) is 4.05. The Hall–Kier alpha value is -2.40. The van der Waals surface area contributed by atoms with E-state index in [9.17, 15) is 14.0 Å². The summed E-state index contributed by atoms with van der Waals surface area (Å²) in [6.45, 7) is 0. The largest absolute Gasteiger partial charge is 0.326 e. The van der Waals surface area contributed by atoms with E-state index in [-0.39, 0.29) is 22.8 Å². The smallest absolute Gasteiger partial charge is 0.255 e. The Morgan fingerprint density at radius 3 is 2.46 bits per heavy atom. The molecule has 0 unspecified atom stereocenters. The van der Waals surface area contributed by atoms with Gasteiger partial charge in [0.2, 0.25) is 5.91 Å². The first-order valence-corrected chi connectivity index (χ1v) is 8.08. The molecule has 24 heavy (non-hydrogen) atoms. The Bertz CT molecular complexity index is 790. The molecule has 0 spiro atoms. The minimum Gasteiger partial charge on any atom is -0.326 e. The fraction of sp³-hybridized carbons (Fsp3) is 0.222. The first kappa shape index (κ1) is 16.5. The summed E-state index contributed by atoms with van der Waals surface area (Å²) in [5.74, 6) is -0.847. The molecule has 6 heteroatoms. The minimum atomic E-state index is -0.546. The highest BCUT2D eigenvalue weighted by Gasteiger charge is 2.25. The average molecular weight is 347 g/mol. The zero-order chi connectivity index (χ0) is 17.1. The van der Waals surface area contributed by atoms with E-state index in [0.717, 1.165) is 19.3 Å². The second kappa shape index (κ2) is 7.01. The predicted octanol–water partition coefficient (Wildman–Crippen LogP) is 4.47. The van der Waals surface area contributed by atoms with E-state index in [1.807, 2.05) is 0 Å². The van der Waals surface area contributed by atoms with E-state index in [2.05, 4.69) is 10.6 Å². The van der Waals surface area contributed by atoms with Gasteiger partial charge in [-0.15, -0.1) is 0 Å². The van der Waals surface area contributed by atoms with Crippen LogP contribution in [0, 0.1) is 11.7 Å². The lowest BCUT2D eigenvalue weighted by Crippen LogP contribution is -2.28. The molecule has 124 valence electrons. The van der Waals surface area contributed by atoms with Crippen LogP contribution in [0.15, 0.2) is 42.5 Å². The molecule has 2 N–H and O–H groups in total. The predicted molar refractivity (Wildman–Crippen MR) is 91.8 cm³/mol. The standard InChI is InChI=1S/C18H16ClFN2O2/c19-15-10-14(7-8-16(15)20)22-18(24)12-5-2-6-13(9-12)21-17(23)11-3-1-4-11/h2,5-11H,1,3-4H2,(H,21,23)(H,22,24). The van der Waals surface area contributed by atoms with Gasteiger partial charge in [-0.1, -0.05) is 24.1 Å². The number of carbonyl (C=O) groups is 2. The Morgan fingerprint density at radius 2 is 1.79 bits per heavy atom. The summed E-state index contributed by atoms with van der Waals surface area (Å²) >= 11 is 5.70. The van der Waals surface area contributed by atoms with E-state index in [1.54, 1.807) is 24.3 Å². The lowest BCUT2D eigenvalue weighted by molar-refractivity contribution is -0.122. The number of nitrogens with one attached hydrogen (secondary N) is 2. The van der Waals surface area contributed by atoms with Crippen molar-refractivity contribution in [1.82, 2.24) is 0 Å². The van der Waals surface area contributed by atoms with Crippen LogP contribution in [-0.4, -0.2) is 11.8 Å². The molecule has 0 heterocycles. The van der Waals surface area contributed by atoms with Gasteiger partial charge in [-0.3, -0.25) is 9.59 Å². The quantitative estimate of drug-likeness (QED) is 0.858. The maximum absolute atomic E-state index is 13.1. The number of hydrogen-bond donors (Lipinski definition) is 2. The lowest BCUT2D eigenvalue weighted by atomic mass is 9.85. The van der Waals surface area contributed by atoms with Gasteiger partial charge in [0.25, 0.3) is 5.91 Å². The van der Waals surface area contributed by atoms with Crippen molar-refractivity contribution >= 4 is 34.8 Å². The van der Waals surface area contributed by atoms with Gasteiger partial charge in [0.05, 0.1) is 5.02 Å². The average Bonchev–Trinajstić information content (AvgIpc) is 2.49. The van der Waals surface area contributed by atoms with Gasteiger partial charge in [-0.05, 0) is 49.2 Å². The van der Waals surface area contributed by atoms with Crippen LogP contribution in [0.3, 0.4) is 0 Å². The van der Waals surface area contributed by atoms with Gasteiger partial charge >= 0.3 is 0 Å². The molecule has 0 bridgehead atoms. The van der Waals surface area contributed by atoms with Gasteiger partial charge in [-0.2, -0.15) is 0 Å². The summed E-state index contributed by atoms with van der Waals surface area (Å²) in [5.41, 5.74) is 1.37. The van der Waals surface area contributed by atoms with Crippen molar-refractivity contribution in [2.75, 3.05) is 10.6 Å². The monoisotopic (exact) mass is 346 g/mol. The van der Waals surface area contributed by atoms with E-state index < -0.39 is 5.82 Å². The first-order chi connectivity index (χ1) is 11.5. The number of halogens is 2. The van der Waals surface area contributed by atoms with Gasteiger partial charge in [-0.25, -0.2) is 4.39 Å². The van der Waals surface area contributed by atoms with Crippen LogP contribution in [0.25, 0.3) is 0 Å². The van der Waals surface area contributed by atoms with E-state index >= 15 is 0 Å². The molecule has 0 saturated heterocycles. The lowest BCUT2D eigenvalue weighted by Gasteiger charge is -2.24. The number of hydrogen-bond acceptors (Lipinski definition) is 2. The highest BCUT2D eigenvalue weighted by molar-refractivity contribution is 6.31. The van der Waals surface area contributed by atoms with Crippen molar-refractivity contribution in [3.05, 3.63) is 58.9 Å². The molecule has 1 saturated carbocycles. The molecule has 3 rings (SSSR count). The molecule has 1 aliphatic carbocycles. The van der Waals surface area contributed by atoms with Gasteiger partial charge in [0, 0.05) is 22.9 Å². The number of carbonyl (C=O) groups excluding carboxylic acids is 2. The van der Waals surface area contributed by atoms with Crippen LogP contribution in [0.5, 0.6) is 0 Å². The Labute approximate surface area is 144 Å². The SMILES string of the molecule is O=C(Nc1ccc(F)c(Cl)c1)c1cccc(NC(=O)C2CCC2)c1. The first-order valence-electron chi connectivity index (χ1n) is 7.70. The Kier molecular flexibility index (Phi) is 4.81. The molecule has 1 aliphatic rings. The molecule has 0 aromatic heterocycles. The van der Waals surface area contributed by atoms with Gasteiger partial charge < -0.3 is 10.6 Å². The van der Waals surface area contributed by atoms with Crippen LogP contribution in [0.1, 0.15) is 29.6 Å². The second-order valence-corrected chi connectivity index (χ2v) is 6.19. The van der Waals surface area contributed by atoms with Gasteiger partial charge in [0.15, 0.2) is 0 Å². The zero-order valence-corrected chi connectivity index (χ0v) is 13.6. The van der Waals surface area contributed by atoms with Crippen molar-refractivity contribution in [3.63, 3.8) is 0 Å². The second-order valence-electron chi connectivity index (χ2n) is 5.78. The van der Waals surface area contributed by atoms with Crippen molar-refractivity contribution in [3.8, 4) is 0 Å². The van der Waals surface area contributed by atoms with Crippen LogP contribution in [0.2, 0.25) is 5.02 Å². The van der Waals surface area contributed by atoms with Crippen molar-refractivity contribution < 1.29 is 14.0 Å². The van der Waals surface area contributed by atoms with Crippen LogP contribution in [-0.2, 0) is 4.79 Å². The number of benzene rings is 2. The van der Waals surface area contributed by atoms with E-state index in [4.69, 9.17) is 11.6 Å². The minimum absolute atomic E-state index is 0.0101. The Balaban J connectivity index is 1.69. The summed E-state index contributed by atoms with van der Waals surface area (Å²) in [6.07, 6.45) is 2.91. The van der Waals surface area contributed by atoms with Crippen LogP contribution < -0.4 is 10.6 Å². The van der Waals surface area contributed by atoms with Crippen LogP contribution in [0.4, 0.5) is 15.8 Å². The summed E-state index contributed by atoms with van der Waals surface area (Å²) in [5, 5.41) is 5.42. The number of amides is 2. The number of rotatable bonds is 4. The fourth-order valence-corrected chi connectivity index (χ4v) is 2.61. The molecule has 2 aromatic carbocycles. The summed E-state index contributed by atoms with van der Waals surface area (Å²) < 4.78 is 13.1. The summed E-state index contributed by atoms with van der Waals surface area (Å²) in [4.78, 5) is 24.3. The molecule has 4 nitrogen and oxygen atoms in total. The molecule has 2 aromatic rings. The van der Waals surface area contributed by atoms with E-state index in [0.29, 0.717) is 16.9 Å². The fourth-order valence-electron chi connectivity index (χ4n) is 2.43. The number of anilines is 2. The molecule has 0 atom stereocenters. The summed E-state index contributed by atoms with van der Waals surface area (Å²) in [7, 11) is 0. The van der Waals surface area contributed by atoms with Crippen LogP contribution >= 0.6 is 11.6 Å². The molecule has 1 fully saturated rings. The summed E-state index contributed by atoms with van der Waals surface area (Å²) in [6, 6.07) is 10.6. The van der Waals surface area contributed by atoms with Crippen molar-refractivity contribution in [1.29, 1.82) is 0 Å². The third-order valence-corrected chi connectivity index (χ3v) is 4.34. The third kappa shape index (κ3) is 3.74.